The third-order valence-corrected chi connectivity index (χ3v) is 5.15. The molecule has 0 fully saturated rings. The number of benzene rings is 1. The zero-order chi connectivity index (χ0) is 20.5. The first-order valence-electron chi connectivity index (χ1n) is 9.79. The van der Waals surface area contributed by atoms with E-state index < -0.39 is 18.0 Å². The molecule has 0 saturated carbocycles. The fourth-order valence-corrected chi connectivity index (χ4v) is 3.69. The Balaban J connectivity index is 1.63. The number of hydrogen-bond acceptors (Lipinski definition) is 6. The van der Waals surface area contributed by atoms with E-state index >= 15 is 0 Å². The van der Waals surface area contributed by atoms with Crippen molar-refractivity contribution in [1.82, 2.24) is 10.1 Å². The van der Waals surface area contributed by atoms with Gasteiger partial charge in [-0.05, 0) is 64.2 Å². The van der Waals surface area contributed by atoms with Gasteiger partial charge < -0.3 is 9.26 Å². The molecule has 1 N–H and O–H groups in total. The van der Waals surface area contributed by atoms with Crippen LogP contribution in [0.2, 0.25) is 0 Å². The lowest BCUT2D eigenvalue weighted by atomic mass is 9.89. The summed E-state index contributed by atoms with van der Waals surface area (Å²) in [5, 5.41) is 7.07. The average molecular weight is 393 g/mol. The molecule has 0 spiro atoms. The summed E-state index contributed by atoms with van der Waals surface area (Å²) in [6, 6.07) is 7.46. The maximum atomic E-state index is 13.1. The van der Waals surface area contributed by atoms with Gasteiger partial charge in [-0.3, -0.25) is 15.1 Å². The number of nitrogens with one attached hydrogen (secondary N) is 1. The molecular weight excluding hydrogens is 370 g/mol. The molecule has 29 heavy (non-hydrogen) atoms. The second-order valence-corrected chi connectivity index (χ2v) is 7.51. The molecule has 0 radical (unpaired) electrons. The minimum Gasteiger partial charge on any atom is -0.449 e. The molecule has 0 unspecified atom stereocenters. The number of anilines is 1. The Bertz CT molecular complexity index is 1100. The fraction of sp³-hybridized carbons (Fsp3) is 0.364. The third-order valence-electron chi connectivity index (χ3n) is 5.15. The number of esters is 1. The van der Waals surface area contributed by atoms with Crippen LogP contribution in [0.25, 0.3) is 10.9 Å². The van der Waals surface area contributed by atoms with Gasteiger partial charge in [-0.2, -0.15) is 0 Å². The molecule has 7 heteroatoms. The van der Waals surface area contributed by atoms with E-state index in [0.29, 0.717) is 11.3 Å². The first-order chi connectivity index (χ1) is 13.9. The molecule has 2 aromatic heterocycles. The summed E-state index contributed by atoms with van der Waals surface area (Å²) >= 11 is 0. The van der Waals surface area contributed by atoms with Crippen molar-refractivity contribution in [3.63, 3.8) is 0 Å². The zero-order valence-corrected chi connectivity index (χ0v) is 16.7. The molecule has 1 aromatic carbocycles. The van der Waals surface area contributed by atoms with Crippen LogP contribution in [0, 0.1) is 13.8 Å². The van der Waals surface area contributed by atoms with Crippen molar-refractivity contribution in [2.45, 2.75) is 52.6 Å². The van der Waals surface area contributed by atoms with Gasteiger partial charge in [0.05, 0.1) is 16.8 Å². The molecule has 0 bridgehead atoms. The van der Waals surface area contributed by atoms with Crippen molar-refractivity contribution in [2.75, 3.05) is 5.32 Å². The highest BCUT2D eigenvalue weighted by Crippen LogP contribution is 2.30. The Morgan fingerprint density at radius 2 is 1.97 bits per heavy atom. The van der Waals surface area contributed by atoms with Gasteiger partial charge in [-0.1, -0.05) is 16.8 Å². The van der Waals surface area contributed by atoms with E-state index in [9.17, 15) is 9.59 Å². The van der Waals surface area contributed by atoms with Gasteiger partial charge in [-0.15, -0.1) is 0 Å². The normalized spacial score (nSPS) is 14.3. The second kappa shape index (κ2) is 7.66. The monoisotopic (exact) mass is 393 g/mol. The molecule has 1 amide bonds. The quantitative estimate of drug-likeness (QED) is 0.676. The van der Waals surface area contributed by atoms with Gasteiger partial charge in [0, 0.05) is 17.1 Å². The molecule has 2 heterocycles. The fourth-order valence-electron chi connectivity index (χ4n) is 3.69. The highest BCUT2D eigenvalue weighted by atomic mass is 16.5. The van der Waals surface area contributed by atoms with Crippen LogP contribution < -0.4 is 5.32 Å². The summed E-state index contributed by atoms with van der Waals surface area (Å²) in [6.45, 7) is 5.27. The van der Waals surface area contributed by atoms with Crippen LogP contribution in [0.5, 0.6) is 0 Å². The molecule has 1 atom stereocenters. The number of pyridine rings is 1. The number of carbonyl (C=O) groups is 2. The lowest BCUT2D eigenvalue weighted by Crippen LogP contribution is -2.30. The van der Waals surface area contributed by atoms with Gasteiger partial charge in [0.25, 0.3) is 5.91 Å². The maximum absolute atomic E-state index is 13.1. The molecule has 0 saturated heterocycles. The topological polar surface area (TPSA) is 94.3 Å². The van der Waals surface area contributed by atoms with Gasteiger partial charge in [0.15, 0.2) is 6.10 Å². The van der Waals surface area contributed by atoms with Crippen molar-refractivity contribution in [1.29, 1.82) is 0 Å². The first kappa shape index (κ1) is 19.1. The molecule has 7 nitrogen and oxygen atoms in total. The van der Waals surface area contributed by atoms with E-state index in [1.165, 1.54) is 6.92 Å². The van der Waals surface area contributed by atoms with Crippen LogP contribution in [-0.4, -0.2) is 28.1 Å². The minimum atomic E-state index is -0.986. The third kappa shape index (κ3) is 3.85. The number of aryl methyl sites for hydroxylation is 3. The Labute approximate surface area is 168 Å². The van der Waals surface area contributed by atoms with Gasteiger partial charge >= 0.3 is 5.97 Å². The van der Waals surface area contributed by atoms with E-state index in [4.69, 9.17) is 14.2 Å². The lowest BCUT2D eigenvalue weighted by molar-refractivity contribution is -0.123. The van der Waals surface area contributed by atoms with Crippen LogP contribution in [0.3, 0.4) is 0 Å². The Hall–Kier alpha value is -3.22. The second-order valence-electron chi connectivity index (χ2n) is 7.51. The number of amides is 1. The predicted octanol–water partition coefficient (Wildman–Crippen LogP) is 3.90. The molecule has 1 aliphatic rings. The summed E-state index contributed by atoms with van der Waals surface area (Å²) < 4.78 is 10.5. The van der Waals surface area contributed by atoms with E-state index in [1.54, 1.807) is 13.0 Å². The predicted molar refractivity (Wildman–Crippen MR) is 108 cm³/mol. The number of fused-ring (bicyclic) bond motifs is 2. The van der Waals surface area contributed by atoms with Gasteiger partial charge in [0.1, 0.15) is 0 Å². The van der Waals surface area contributed by atoms with Crippen LogP contribution in [-0.2, 0) is 22.4 Å². The first-order valence-corrected chi connectivity index (χ1v) is 9.79. The van der Waals surface area contributed by atoms with E-state index in [1.807, 2.05) is 25.1 Å². The largest absolute Gasteiger partial charge is 0.449 e. The average Bonchev–Trinajstić information content (AvgIpc) is 3.10. The Kier molecular flexibility index (Phi) is 5.05. The van der Waals surface area contributed by atoms with Crippen molar-refractivity contribution in [3.05, 3.63) is 52.3 Å². The molecular formula is C22H23N3O4. The Morgan fingerprint density at radius 3 is 2.72 bits per heavy atom. The standard InChI is InChI=1S/C22H23N3O4/c1-12-8-9-18-16(10-12)20(15-6-4-5-7-17(15)23-18)22(27)28-14(3)21(26)24-19-11-13(2)25-29-19/h8-11,14H,4-7H2,1-3H3,(H,24,26)/t14-/m1/s1. The molecule has 1 aliphatic carbocycles. The Morgan fingerprint density at radius 1 is 1.17 bits per heavy atom. The SMILES string of the molecule is Cc1ccc2nc3c(c(C(=O)O[C@H](C)C(=O)Nc4cc(C)no4)c2c1)CCCC3. The van der Waals surface area contributed by atoms with Crippen molar-refractivity contribution >= 4 is 28.7 Å². The van der Waals surface area contributed by atoms with E-state index in [-0.39, 0.29) is 5.88 Å². The van der Waals surface area contributed by atoms with Crippen LogP contribution in [0.15, 0.2) is 28.8 Å². The number of carbonyl (C=O) groups excluding carboxylic acids is 2. The lowest BCUT2D eigenvalue weighted by Gasteiger charge is -2.21. The molecule has 4 rings (SSSR count). The molecule has 150 valence electrons. The van der Waals surface area contributed by atoms with Crippen LogP contribution in [0.4, 0.5) is 5.88 Å². The number of ether oxygens (including phenoxy) is 1. The maximum Gasteiger partial charge on any atom is 0.339 e. The van der Waals surface area contributed by atoms with Crippen molar-refractivity contribution in [3.8, 4) is 0 Å². The number of aromatic nitrogens is 2. The number of rotatable bonds is 4. The minimum absolute atomic E-state index is 0.220. The zero-order valence-electron chi connectivity index (χ0n) is 16.7. The summed E-state index contributed by atoms with van der Waals surface area (Å²) in [5.41, 5.74) is 4.89. The van der Waals surface area contributed by atoms with Crippen molar-refractivity contribution in [2.24, 2.45) is 0 Å². The van der Waals surface area contributed by atoms with Gasteiger partial charge in [0.2, 0.25) is 5.88 Å². The van der Waals surface area contributed by atoms with Gasteiger partial charge in [-0.25, -0.2) is 4.79 Å². The number of nitrogens with zero attached hydrogens (tertiary/aromatic N) is 2. The summed E-state index contributed by atoms with van der Waals surface area (Å²) in [5.74, 6) is -0.756. The smallest absolute Gasteiger partial charge is 0.339 e. The van der Waals surface area contributed by atoms with Crippen LogP contribution >= 0.6 is 0 Å². The summed E-state index contributed by atoms with van der Waals surface area (Å²) in [7, 11) is 0. The summed E-state index contributed by atoms with van der Waals surface area (Å²) in [6.07, 6.45) is 2.71. The van der Waals surface area contributed by atoms with E-state index in [2.05, 4.69) is 10.5 Å². The molecule has 0 aliphatic heterocycles. The van der Waals surface area contributed by atoms with Crippen molar-refractivity contribution < 1.29 is 18.8 Å². The summed E-state index contributed by atoms with van der Waals surface area (Å²) in [4.78, 5) is 30.3. The highest BCUT2D eigenvalue weighted by molar-refractivity contribution is 6.06. The number of hydrogen-bond donors (Lipinski definition) is 1. The van der Waals surface area contributed by atoms with Crippen LogP contribution in [0.1, 0.15) is 52.6 Å². The highest BCUT2D eigenvalue weighted by Gasteiger charge is 2.27. The van der Waals surface area contributed by atoms with E-state index in [0.717, 1.165) is 53.4 Å². The molecule has 3 aromatic rings.